The van der Waals surface area contributed by atoms with Crippen molar-refractivity contribution in [3.05, 3.63) is 24.5 Å². The standard InChI is InChI=1S/C54H88N4O36/c1-2-26(65)55-9-18-10-58(57-56-18)7-5-3-4-6-8-80-17-25-47-33(72)40(79)54(87-25)93-46-24(16-64)85-52(38(77)31(46)70)91-44-22(14-62)83-50(36(75)29(44)68)89-42-20(12-60)81-48(34(73)27(42)66)88-41-19(11-59)82-49(35(74)28(41)67)90-43-21(13-61)84-51(37(76)30(43)69)92-45-23(15-63)86-53(94-47)39(78)32(45)71/h2,10,19-25,27-54,59-64,66-79H,1,3-9,11-17H2,(H,55,65). The molecule has 22 rings (SSSR count). The summed E-state index contributed by atoms with van der Waals surface area (Å²) in [6, 6.07) is 0. The Hall–Kier alpha value is -3.05. The summed E-state index contributed by atoms with van der Waals surface area (Å²) < 4.78 is 89.1. The maximum atomic E-state index is 11.9. The fraction of sp³-hybridized carbons (Fsp3) is 0.907. The second-order valence-corrected chi connectivity index (χ2v) is 23.9. The summed E-state index contributed by atoms with van der Waals surface area (Å²) in [5, 5.41) is 235. The zero-order valence-corrected chi connectivity index (χ0v) is 50.3. The molecular formula is C54H88N4O36. The highest BCUT2D eigenvalue weighted by Gasteiger charge is 2.59. The second-order valence-electron chi connectivity index (χ2n) is 23.9. The average Bonchev–Trinajstić information content (AvgIpc) is 0.855. The predicted octanol–water partition coefficient (Wildman–Crippen LogP) is -13.6. The van der Waals surface area contributed by atoms with Gasteiger partial charge in [-0.3, -0.25) is 9.48 Å². The zero-order valence-electron chi connectivity index (χ0n) is 50.3. The van der Waals surface area contributed by atoms with Crippen LogP contribution in [0.4, 0.5) is 0 Å². The van der Waals surface area contributed by atoms with Gasteiger partial charge in [-0.15, -0.1) is 5.10 Å². The van der Waals surface area contributed by atoms with Gasteiger partial charge in [0.1, 0.15) is 177 Å². The molecular weight excluding hydrogens is 1280 g/mol. The molecule has 21 fully saturated rings. The Morgan fingerprint density at radius 3 is 0.947 bits per heavy atom. The number of amides is 1. The van der Waals surface area contributed by atoms with Crippen LogP contribution in [0.15, 0.2) is 18.9 Å². The number of nitrogens with zero attached hydrogens (tertiary/aromatic N) is 3. The highest BCUT2D eigenvalue weighted by molar-refractivity contribution is 5.86. The number of aromatic nitrogens is 3. The van der Waals surface area contributed by atoms with Gasteiger partial charge in [-0.05, 0) is 18.9 Å². The van der Waals surface area contributed by atoms with Crippen molar-refractivity contribution in [3.8, 4) is 0 Å². The molecule has 21 saturated heterocycles. The molecule has 21 N–H and O–H groups in total. The molecule has 1 amide bonds. The fourth-order valence-corrected chi connectivity index (χ4v) is 12.2. The molecule has 0 saturated carbocycles. The number of unbranched alkanes of at least 4 members (excludes halogenated alkanes) is 3. The summed E-state index contributed by atoms with van der Waals surface area (Å²) in [6.45, 7) is -2.73. The Balaban J connectivity index is 0.955. The molecule has 22 heterocycles. The van der Waals surface area contributed by atoms with Gasteiger partial charge in [-0.2, -0.15) is 0 Å². The Labute approximate surface area is 534 Å². The van der Waals surface area contributed by atoms with E-state index in [9.17, 15) is 107 Å². The number of aryl methyl sites for hydroxylation is 1. The molecule has 35 atom stereocenters. The molecule has 40 heteroatoms. The summed E-state index contributed by atoms with van der Waals surface area (Å²) in [6.07, 6.45) is -65.1. The number of aliphatic hydroxyl groups is 20. The summed E-state index contributed by atoms with van der Waals surface area (Å²) in [5.74, 6) is -0.373. The Morgan fingerprint density at radius 1 is 0.404 bits per heavy atom. The number of ether oxygens (including phenoxy) is 15. The number of carbonyl (C=O) groups excluding carboxylic acids is 1. The molecule has 1 aromatic heterocycles. The van der Waals surface area contributed by atoms with E-state index < -0.39 is 261 Å². The van der Waals surface area contributed by atoms with E-state index in [2.05, 4.69) is 22.2 Å². The van der Waals surface area contributed by atoms with E-state index in [-0.39, 0.29) is 19.1 Å². The molecule has 21 aliphatic rings. The van der Waals surface area contributed by atoms with Crippen molar-refractivity contribution < 1.29 is 178 Å². The van der Waals surface area contributed by atoms with Gasteiger partial charge in [0.2, 0.25) is 5.91 Å². The quantitative estimate of drug-likeness (QED) is 0.0479. The van der Waals surface area contributed by atoms with Crippen LogP contribution in [0, 0.1) is 0 Å². The minimum atomic E-state index is -2.22. The van der Waals surface area contributed by atoms with Gasteiger partial charge >= 0.3 is 0 Å². The van der Waals surface area contributed by atoms with E-state index in [1.54, 1.807) is 10.9 Å². The first-order chi connectivity index (χ1) is 45.0. The number of nitrogens with one attached hydrogen (secondary N) is 1. The van der Waals surface area contributed by atoms with Gasteiger partial charge in [0.05, 0.1) is 59.0 Å². The first-order valence-electron chi connectivity index (χ1n) is 30.7. The van der Waals surface area contributed by atoms with Crippen LogP contribution in [0.25, 0.3) is 0 Å². The maximum absolute atomic E-state index is 11.9. The molecule has 94 heavy (non-hydrogen) atoms. The molecule has 1 aromatic rings. The Morgan fingerprint density at radius 2 is 0.670 bits per heavy atom. The molecule has 14 bridgehead atoms. The Bertz CT molecular complexity index is 2470. The third kappa shape index (κ3) is 16.5. The lowest BCUT2D eigenvalue weighted by atomic mass is 9.95. The minimum Gasteiger partial charge on any atom is -0.394 e. The van der Waals surface area contributed by atoms with Crippen molar-refractivity contribution in [3.63, 3.8) is 0 Å². The van der Waals surface area contributed by atoms with Crippen LogP contribution in [0.3, 0.4) is 0 Å². The number of aliphatic hydroxyl groups excluding tert-OH is 20. The van der Waals surface area contributed by atoms with E-state index in [4.69, 9.17) is 71.1 Å². The topological polar surface area (TPSA) is 603 Å². The predicted molar refractivity (Wildman–Crippen MR) is 293 cm³/mol. The largest absolute Gasteiger partial charge is 0.394 e. The first-order valence-corrected chi connectivity index (χ1v) is 30.7. The van der Waals surface area contributed by atoms with Crippen LogP contribution in [-0.2, 0) is 88.9 Å². The highest BCUT2D eigenvalue weighted by Crippen LogP contribution is 2.39. The first kappa shape index (κ1) is 75.2. The smallest absolute Gasteiger partial charge is 0.243 e. The van der Waals surface area contributed by atoms with Crippen molar-refractivity contribution in [2.75, 3.05) is 52.9 Å². The fourth-order valence-electron chi connectivity index (χ4n) is 12.2. The SMILES string of the molecule is C=CC(=O)NCc1cn(CCCCCCOCC2OC3OC4C(CO)OC(OC5C(CO)OC(OC6C(CO)OC(OC7C(CO)OC(OC8C(CO)OC(OC9C(CO)OC(OC2C(O)C3O)C(O)C9O)C(O)C8O)C(O)C7O)C(O)C6O)C(O)C5O)C(O)C4O)nn1. The number of hydrogen-bond donors (Lipinski definition) is 21. The lowest BCUT2D eigenvalue weighted by molar-refractivity contribution is -0.397. The van der Waals surface area contributed by atoms with Crippen molar-refractivity contribution in [1.82, 2.24) is 20.3 Å². The number of rotatable bonds is 18. The van der Waals surface area contributed by atoms with Gasteiger partial charge in [0.25, 0.3) is 0 Å². The molecule has 35 unspecified atom stereocenters. The summed E-state index contributed by atoms with van der Waals surface area (Å²) in [4.78, 5) is 11.5. The van der Waals surface area contributed by atoms with E-state index >= 15 is 0 Å². The maximum Gasteiger partial charge on any atom is 0.243 e. The number of carbonyl (C=O) groups is 1. The third-order valence-corrected chi connectivity index (χ3v) is 17.5. The zero-order chi connectivity index (χ0) is 68.0. The normalized spacial score (nSPS) is 47.4. The van der Waals surface area contributed by atoms with Crippen molar-refractivity contribution in [2.45, 2.75) is 254 Å². The lowest BCUT2D eigenvalue weighted by Gasteiger charge is -2.50. The summed E-state index contributed by atoms with van der Waals surface area (Å²) >= 11 is 0. The van der Waals surface area contributed by atoms with Crippen molar-refractivity contribution in [2.24, 2.45) is 0 Å². The Kier molecular flexibility index (Phi) is 27.1. The van der Waals surface area contributed by atoms with E-state index in [1.165, 1.54) is 0 Å². The molecule has 0 aromatic carbocycles. The molecule has 0 aliphatic carbocycles. The summed E-state index contributed by atoms with van der Waals surface area (Å²) in [5.41, 5.74) is 0.531. The van der Waals surface area contributed by atoms with Crippen LogP contribution in [0.5, 0.6) is 0 Å². The molecule has 0 radical (unpaired) electrons. The van der Waals surface area contributed by atoms with E-state index in [1.807, 2.05) is 0 Å². The van der Waals surface area contributed by atoms with Crippen LogP contribution in [-0.4, -0.2) is 391 Å². The highest BCUT2D eigenvalue weighted by atomic mass is 16.8. The van der Waals surface area contributed by atoms with E-state index in [0.29, 0.717) is 37.9 Å². The second kappa shape index (κ2) is 33.9. The minimum absolute atomic E-state index is 0.0403. The molecule has 540 valence electrons. The van der Waals surface area contributed by atoms with Gasteiger partial charge in [0.15, 0.2) is 44.0 Å². The van der Waals surface area contributed by atoms with Crippen LogP contribution < -0.4 is 5.32 Å². The van der Waals surface area contributed by atoms with Crippen LogP contribution >= 0.6 is 0 Å². The molecule has 0 spiro atoms. The van der Waals surface area contributed by atoms with Crippen molar-refractivity contribution in [1.29, 1.82) is 0 Å². The van der Waals surface area contributed by atoms with Gasteiger partial charge in [0, 0.05) is 13.2 Å². The van der Waals surface area contributed by atoms with Crippen molar-refractivity contribution >= 4 is 5.91 Å². The van der Waals surface area contributed by atoms with E-state index in [0.717, 1.165) is 6.08 Å². The molecule has 40 nitrogen and oxygen atoms in total. The molecule has 21 aliphatic heterocycles. The lowest BCUT2D eigenvalue weighted by Crippen LogP contribution is -2.68. The van der Waals surface area contributed by atoms with Gasteiger partial charge in [-0.25, -0.2) is 0 Å². The average molecular weight is 1370 g/mol. The van der Waals surface area contributed by atoms with Gasteiger partial charge in [-0.1, -0.05) is 24.6 Å². The summed E-state index contributed by atoms with van der Waals surface area (Å²) in [7, 11) is 0. The number of hydrogen-bond acceptors (Lipinski definition) is 38. The monoisotopic (exact) mass is 1370 g/mol. The van der Waals surface area contributed by atoms with Crippen LogP contribution in [0.1, 0.15) is 31.4 Å². The van der Waals surface area contributed by atoms with Crippen LogP contribution in [0.2, 0.25) is 0 Å². The third-order valence-electron chi connectivity index (χ3n) is 17.5. The van der Waals surface area contributed by atoms with Gasteiger partial charge < -0.3 is 179 Å².